The molecule has 0 spiro atoms. The largest absolute Gasteiger partial charge is 0.488 e. The molecule has 0 saturated carbocycles. The normalized spacial score (nSPS) is 10.4. The second kappa shape index (κ2) is 7.41. The van der Waals surface area contributed by atoms with E-state index in [0.717, 1.165) is 29.0 Å². The van der Waals surface area contributed by atoms with Crippen LogP contribution in [0.2, 0.25) is 0 Å². The van der Waals surface area contributed by atoms with Crippen LogP contribution in [0.15, 0.2) is 36.4 Å². The summed E-state index contributed by atoms with van der Waals surface area (Å²) in [6, 6.07) is 12.1. The van der Waals surface area contributed by atoms with Crippen LogP contribution in [0, 0.1) is 13.8 Å². The zero-order chi connectivity index (χ0) is 16.1. The molecule has 2 aromatic carbocycles. The number of aryl methyl sites for hydroxylation is 3. The molecule has 22 heavy (non-hydrogen) atoms. The van der Waals surface area contributed by atoms with Gasteiger partial charge in [-0.15, -0.1) is 0 Å². The van der Waals surface area contributed by atoms with Crippen LogP contribution in [0.3, 0.4) is 0 Å². The summed E-state index contributed by atoms with van der Waals surface area (Å²) in [7, 11) is 0. The maximum atomic E-state index is 6.00. The third-order valence-electron chi connectivity index (χ3n) is 3.62. The standard InChI is InChI=1S/C19H22O2S/c1-5-16-10-14(3)19(11-13(16)2)20-12-17-8-6-7-9-18(17)21-15(4)22/h6-11H,5,12H2,1-4H3. The van der Waals surface area contributed by atoms with E-state index < -0.39 is 0 Å². The second-order valence-electron chi connectivity index (χ2n) is 5.39. The lowest BCUT2D eigenvalue weighted by Crippen LogP contribution is -2.05. The van der Waals surface area contributed by atoms with E-state index in [1.54, 1.807) is 6.92 Å². The van der Waals surface area contributed by atoms with E-state index in [0.29, 0.717) is 11.7 Å². The van der Waals surface area contributed by atoms with Gasteiger partial charge in [0.15, 0.2) is 5.05 Å². The summed E-state index contributed by atoms with van der Waals surface area (Å²) in [6.07, 6.45) is 1.04. The summed E-state index contributed by atoms with van der Waals surface area (Å²) < 4.78 is 11.6. The van der Waals surface area contributed by atoms with Crippen molar-refractivity contribution in [1.82, 2.24) is 0 Å². The number of rotatable bonds is 5. The minimum atomic E-state index is 0.463. The Kier molecular flexibility index (Phi) is 5.56. The predicted octanol–water partition coefficient (Wildman–Crippen LogP) is 5.17. The Morgan fingerprint density at radius 3 is 2.41 bits per heavy atom. The number of para-hydroxylation sites is 1. The first-order chi connectivity index (χ1) is 10.5. The lowest BCUT2D eigenvalue weighted by atomic mass is 10.0. The summed E-state index contributed by atoms with van der Waals surface area (Å²) in [4.78, 5) is 0. The molecular weight excluding hydrogens is 292 g/mol. The maximum absolute atomic E-state index is 6.00. The summed E-state index contributed by atoms with van der Waals surface area (Å²) in [6.45, 7) is 8.60. The topological polar surface area (TPSA) is 18.5 Å². The lowest BCUT2D eigenvalue weighted by molar-refractivity contribution is 0.300. The second-order valence-corrected chi connectivity index (χ2v) is 5.96. The van der Waals surface area contributed by atoms with Crippen LogP contribution in [-0.2, 0) is 13.0 Å². The highest BCUT2D eigenvalue weighted by atomic mass is 32.1. The minimum absolute atomic E-state index is 0.463. The van der Waals surface area contributed by atoms with Crippen molar-refractivity contribution in [2.75, 3.05) is 0 Å². The molecule has 2 nitrogen and oxygen atoms in total. The Bertz CT molecular complexity index is 677. The summed E-state index contributed by atoms with van der Waals surface area (Å²) >= 11 is 5.02. The third kappa shape index (κ3) is 4.08. The van der Waals surface area contributed by atoms with Crippen molar-refractivity contribution in [1.29, 1.82) is 0 Å². The van der Waals surface area contributed by atoms with Crippen LogP contribution < -0.4 is 9.47 Å². The molecule has 0 aliphatic heterocycles. The maximum Gasteiger partial charge on any atom is 0.164 e. The van der Waals surface area contributed by atoms with Crippen LogP contribution in [0.5, 0.6) is 11.5 Å². The Labute approximate surface area is 138 Å². The molecule has 0 radical (unpaired) electrons. The molecule has 0 saturated heterocycles. The van der Waals surface area contributed by atoms with Crippen molar-refractivity contribution in [3.05, 3.63) is 58.7 Å². The molecule has 0 N–H and O–H groups in total. The predicted molar refractivity (Wildman–Crippen MR) is 95.0 cm³/mol. The molecule has 0 amide bonds. The number of benzene rings is 2. The Balaban J connectivity index is 2.17. The zero-order valence-corrected chi connectivity index (χ0v) is 14.4. The van der Waals surface area contributed by atoms with Gasteiger partial charge in [0.25, 0.3) is 0 Å². The molecule has 2 rings (SSSR count). The molecule has 0 heterocycles. The Morgan fingerprint density at radius 2 is 1.73 bits per heavy atom. The number of ether oxygens (including phenoxy) is 2. The molecular formula is C19H22O2S. The zero-order valence-electron chi connectivity index (χ0n) is 13.6. The molecule has 0 fully saturated rings. The fourth-order valence-corrected chi connectivity index (χ4v) is 2.51. The highest BCUT2D eigenvalue weighted by molar-refractivity contribution is 7.80. The lowest BCUT2D eigenvalue weighted by Gasteiger charge is -2.14. The van der Waals surface area contributed by atoms with Crippen molar-refractivity contribution < 1.29 is 9.47 Å². The number of hydrogen-bond acceptors (Lipinski definition) is 3. The molecule has 0 unspecified atom stereocenters. The van der Waals surface area contributed by atoms with Gasteiger partial charge >= 0.3 is 0 Å². The van der Waals surface area contributed by atoms with Crippen molar-refractivity contribution in [3.63, 3.8) is 0 Å². The average molecular weight is 314 g/mol. The molecule has 0 atom stereocenters. The van der Waals surface area contributed by atoms with Crippen LogP contribution >= 0.6 is 12.2 Å². The van der Waals surface area contributed by atoms with Gasteiger partial charge in [-0.2, -0.15) is 0 Å². The van der Waals surface area contributed by atoms with E-state index in [4.69, 9.17) is 21.7 Å². The van der Waals surface area contributed by atoms with E-state index in [2.05, 4.69) is 32.9 Å². The van der Waals surface area contributed by atoms with Crippen LogP contribution in [0.25, 0.3) is 0 Å². The number of hydrogen-bond donors (Lipinski definition) is 0. The van der Waals surface area contributed by atoms with Crippen molar-refractivity contribution in [3.8, 4) is 11.5 Å². The quantitative estimate of drug-likeness (QED) is 0.709. The number of thiocarbonyl (C=S) groups is 1. The Morgan fingerprint density at radius 1 is 1.00 bits per heavy atom. The van der Waals surface area contributed by atoms with Gasteiger partial charge in [-0.1, -0.05) is 31.2 Å². The van der Waals surface area contributed by atoms with E-state index in [1.165, 1.54) is 11.1 Å². The van der Waals surface area contributed by atoms with E-state index in [9.17, 15) is 0 Å². The highest BCUT2D eigenvalue weighted by Crippen LogP contribution is 2.26. The molecule has 0 aliphatic carbocycles. The Hall–Kier alpha value is -1.87. The van der Waals surface area contributed by atoms with Crippen LogP contribution in [0.4, 0.5) is 0 Å². The molecule has 2 aromatic rings. The SMILES string of the molecule is CCc1cc(C)c(OCc2ccccc2OC(C)=S)cc1C. The van der Waals surface area contributed by atoms with E-state index in [-0.39, 0.29) is 0 Å². The highest BCUT2D eigenvalue weighted by Gasteiger charge is 2.08. The summed E-state index contributed by atoms with van der Waals surface area (Å²) in [5.41, 5.74) is 4.78. The van der Waals surface area contributed by atoms with Gasteiger partial charge in [-0.05, 0) is 61.3 Å². The first-order valence-electron chi connectivity index (χ1n) is 7.50. The molecule has 0 bridgehead atoms. The summed E-state index contributed by atoms with van der Waals surface area (Å²) in [5, 5.41) is 0.506. The van der Waals surface area contributed by atoms with Gasteiger partial charge in [-0.3, -0.25) is 0 Å². The molecule has 116 valence electrons. The monoisotopic (exact) mass is 314 g/mol. The molecule has 3 heteroatoms. The van der Waals surface area contributed by atoms with Crippen LogP contribution in [0.1, 0.15) is 36.1 Å². The first-order valence-corrected chi connectivity index (χ1v) is 7.91. The fraction of sp³-hybridized carbons (Fsp3) is 0.316. The first kappa shape index (κ1) is 16.5. The fourth-order valence-electron chi connectivity index (χ4n) is 2.42. The third-order valence-corrected chi connectivity index (χ3v) is 3.71. The summed E-state index contributed by atoms with van der Waals surface area (Å²) in [5.74, 6) is 1.68. The van der Waals surface area contributed by atoms with Crippen molar-refractivity contribution >= 4 is 17.3 Å². The van der Waals surface area contributed by atoms with Gasteiger partial charge in [0.05, 0.1) is 0 Å². The minimum Gasteiger partial charge on any atom is -0.488 e. The van der Waals surface area contributed by atoms with Gasteiger partial charge in [0.1, 0.15) is 18.1 Å². The van der Waals surface area contributed by atoms with Crippen molar-refractivity contribution in [2.45, 2.75) is 40.7 Å². The van der Waals surface area contributed by atoms with Gasteiger partial charge < -0.3 is 9.47 Å². The van der Waals surface area contributed by atoms with Crippen LogP contribution in [-0.4, -0.2) is 5.05 Å². The van der Waals surface area contributed by atoms with Crippen molar-refractivity contribution in [2.24, 2.45) is 0 Å². The van der Waals surface area contributed by atoms with E-state index >= 15 is 0 Å². The van der Waals surface area contributed by atoms with Gasteiger partial charge in [0.2, 0.25) is 0 Å². The van der Waals surface area contributed by atoms with E-state index in [1.807, 2.05) is 24.3 Å². The van der Waals surface area contributed by atoms with Gasteiger partial charge in [-0.25, -0.2) is 0 Å². The average Bonchev–Trinajstić information content (AvgIpc) is 2.48. The van der Waals surface area contributed by atoms with Gasteiger partial charge in [0, 0.05) is 12.5 Å². The smallest absolute Gasteiger partial charge is 0.164 e. The molecule has 0 aliphatic rings. The molecule has 0 aromatic heterocycles.